The van der Waals surface area contributed by atoms with E-state index < -0.39 is 82.8 Å². The fourth-order valence-electron chi connectivity index (χ4n) is 5.82. The zero-order valence-corrected chi connectivity index (χ0v) is 31.0. The topological polar surface area (TPSA) is 172 Å². The van der Waals surface area contributed by atoms with Crippen LogP contribution in [0.5, 0.6) is 0 Å². The minimum Gasteiger partial charge on any atom is -0.468 e. The number of nitrogens with zero attached hydrogens (tertiary/aromatic N) is 2. The third-order valence-electron chi connectivity index (χ3n) is 8.82. The molecule has 3 rings (SSSR count). The number of hydrogen-bond acceptors (Lipinski definition) is 9. The third kappa shape index (κ3) is 10.4. The molecule has 1 heterocycles. The van der Waals surface area contributed by atoms with Gasteiger partial charge in [0.25, 0.3) is 0 Å². The highest BCUT2D eigenvalue weighted by Gasteiger charge is 2.46. The van der Waals surface area contributed by atoms with Crippen LogP contribution in [0.2, 0.25) is 0 Å². The Bertz CT molecular complexity index is 1640. The number of rotatable bonds is 12. The number of hydrogen-bond donors (Lipinski definition) is 3. The van der Waals surface area contributed by atoms with Crippen LogP contribution in [0, 0.1) is 11.3 Å². The number of ketones is 1. The number of amides is 4. The van der Waals surface area contributed by atoms with E-state index in [0.29, 0.717) is 5.56 Å². The van der Waals surface area contributed by atoms with Gasteiger partial charge in [0.1, 0.15) is 29.6 Å². The Morgan fingerprint density at radius 1 is 1.02 bits per heavy atom. The van der Waals surface area contributed by atoms with E-state index in [2.05, 4.69) is 17.2 Å². The molecule has 1 aliphatic rings. The zero-order chi connectivity index (χ0) is 38.4. The number of likely N-dealkylation sites (tertiary alicyclic amines) is 1. The Kier molecular flexibility index (Phi) is 13.1. The van der Waals surface area contributed by atoms with Crippen LogP contribution in [-0.4, -0.2) is 107 Å². The van der Waals surface area contributed by atoms with Crippen molar-refractivity contribution in [1.29, 1.82) is 0 Å². The Hall–Kier alpha value is -4.78. The normalized spacial score (nSPS) is 18.5. The number of ether oxygens (including phenoxy) is 2. The summed E-state index contributed by atoms with van der Waals surface area (Å²) in [7, 11) is 2.56. The van der Waals surface area contributed by atoms with Gasteiger partial charge in [0.05, 0.1) is 19.3 Å². The summed E-state index contributed by atoms with van der Waals surface area (Å²) < 4.78 is 10.2. The van der Waals surface area contributed by atoms with E-state index in [-0.39, 0.29) is 19.4 Å². The summed E-state index contributed by atoms with van der Waals surface area (Å²) in [5, 5.41) is 18.1. The molecule has 1 saturated heterocycles. The van der Waals surface area contributed by atoms with Gasteiger partial charge in [-0.15, -0.1) is 6.58 Å². The first-order valence-corrected chi connectivity index (χ1v) is 16.9. The third-order valence-corrected chi connectivity index (χ3v) is 8.82. The molecule has 6 atom stereocenters. The number of β-amino-alcohol motifs (C(OH)–C–C–N with tert-alkyl or cyclic N) is 1. The molecular weight excluding hydrogens is 656 g/mol. The van der Waals surface area contributed by atoms with Gasteiger partial charge in [0, 0.05) is 20.0 Å². The van der Waals surface area contributed by atoms with Gasteiger partial charge in [-0.2, -0.15) is 0 Å². The van der Waals surface area contributed by atoms with Crippen molar-refractivity contribution >= 4 is 46.3 Å². The summed E-state index contributed by atoms with van der Waals surface area (Å²) in [5.74, 6) is -4.83. The average molecular weight is 709 g/mol. The van der Waals surface area contributed by atoms with Crippen molar-refractivity contribution in [2.24, 2.45) is 11.3 Å². The maximum atomic E-state index is 14.2. The first kappa shape index (κ1) is 40.6. The van der Waals surface area contributed by atoms with E-state index in [9.17, 15) is 33.9 Å². The highest BCUT2D eigenvalue weighted by molar-refractivity contribution is 6.05. The Balaban J connectivity index is 1.89. The van der Waals surface area contributed by atoms with Gasteiger partial charge in [0.15, 0.2) is 5.78 Å². The molecule has 0 bridgehead atoms. The van der Waals surface area contributed by atoms with Crippen LogP contribution in [0.4, 0.5) is 4.79 Å². The fraction of sp³-hybridized carbons (Fsp3) is 0.526. The molecular formula is C38H52N4O9. The minimum absolute atomic E-state index is 0.0175. The van der Waals surface area contributed by atoms with Gasteiger partial charge in [0.2, 0.25) is 17.7 Å². The maximum absolute atomic E-state index is 14.2. The molecule has 1 fully saturated rings. The largest absolute Gasteiger partial charge is 0.468 e. The Labute approximate surface area is 299 Å². The lowest BCUT2D eigenvalue weighted by atomic mass is 9.85. The second-order valence-corrected chi connectivity index (χ2v) is 15.1. The molecule has 0 aliphatic carbocycles. The molecule has 3 N–H and O–H groups in total. The highest BCUT2D eigenvalue weighted by Crippen LogP contribution is 2.27. The summed E-state index contributed by atoms with van der Waals surface area (Å²) in [6.45, 7) is 15.2. The number of Topliss-reactive ketones (excluding diaryl/α,β-unsaturated/α-hetero) is 1. The minimum atomic E-state index is -1.37. The summed E-state index contributed by atoms with van der Waals surface area (Å²) in [6.07, 6.45) is -0.741. The van der Waals surface area contributed by atoms with Gasteiger partial charge < -0.3 is 30.1 Å². The van der Waals surface area contributed by atoms with E-state index >= 15 is 0 Å². The molecule has 13 nitrogen and oxygen atoms in total. The SMILES string of the molecule is C=CC(C(=O)OC)C(=O)[C@H](Cc1ccc2ccccc2c1)NC(=O)[C@@H]1C[C@@H](O)CN1C(=O)[C@@H](NC(=O)[C@H](C)N(C)C(=O)OC(C)(C)C)C(C)(C)C. The lowest BCUT2D eigenvalue weighted by Crippen LogP contribution is -2.61. The van der Waals surface area contributed by atoms with E-state index in [1.165, 1.54) is 18.9 Å². The van der Waals surface area contributed by atoms with Crippen molar-refractivity contribution in [1.82, 2.24) is 20.4 Å². The molecule has 0 radical (unpaired) electrons. The smallest absolute Gasteiger partial charge is 0.410 e. The van der Waals surface area contributed by atoms with E-state index in [0.717, 1.165) is 28.9 Å². The van der Waals surface area contributed by atoms with Gasteiger partial charge in [-0.05, 0) is 55.9 Å². The summed E-state index contributed by atoms with van der Waals surface area (Å²) in [4.78, 5) is 82.8. The van der Waals surface area contributed by atoms with Crippen LogP contribution in [0.15, 0.2) is 55.1 Å². The van der Waals surface area contributed by atoms with Crippen LogP contribution >= 0.6 is 0 Å². The number of methoxy groups -OCH3 is 1. The maximum Gasteiger partial charge on any atom is 0.410 e. The van der Waals surface area contributed by atoms with Crippen molar-refractivity contribution < 1.29 is 43.3 Å². The van der Waals surface area contributed by atoms with Gasteiger partial charge in [-0.1, -0.05) is 69.3 Å². The van der Waals surface area contributed by atoms with Crippen molar-refractivity contribution in [3.63, 3.8) is 0 Å². The molecule has 1 unspecified atom stereocenters. The Morgan fingerprint density at radius 2 is 1.65 bits per heavy atom. The second-order valence-electron chi connectivity index (χ2n) is 15.1. The van der Waals surface area contributed by atoms with Crippen molar-refractivity contribution in [3.8, 4) is 0 Å². The molecule has 1 aliphatic heterocycles. The van der Waals surface area contributed by atoms with Crippen molar-refractivity contribution in [2.45, 2.75) is 97.2 Å². The monoisotopic (exact) mass is 708 g/mol. The van der Waals surface area contributed by atoms with Gasteiger partial charge >= 0.3 is 12.1 Å². The number of nitrogens with one attached hydrogen (secondary N) is 2. The van der Waals surface area contributed by atoms with Crippen molar-refractivity contribution in [2.75, 3.05) is 20.7 Å². The molecule has 0 saturated carbocycles. The highest BCUT2D eigenvalue weighted by atomic mass is 16.6. The van der Waals surface area contributed by atoms with Crippen LogP contribution in [0.3, 0.4) is 0 Å². The summed E-state index contributed by atoms with van der Waals surface area (Å²) in [6, 6.07) is 8.63. The lowest BCUT2D eigenvalue weighted by molar-refractivity contribution is -0.148. The summed E-state index contributed by atoms with van der Waals surface area (Å²) >= 11 is 0. The van der Waals surface area contributed by atoms with Crippen molar-refractivity contribution in [3.05, 3.63) is 60.7 Å². The van der Waals surface area contributed by atoms with Gasteiger partial charge in [-0.3, -0.25) is 28.9 Å². The number of carbonyl (C=O) groups is 6. The lowest BCUT2D eigenvalue weighted by Gasteiger charge is -2.37. The molecule has 13 heteroatoms. The predicted octanol–water partition coefficient (Wildman–Crippen LogP) is 3.16. The molecule has 4 amide bonds. The molecule has 2 aromatic rings. The molecule has 0 spiro atoms. The number of likely N-dealkylation sites (N-methyl/N-ethyl adjacent to an activating group) is 1. The number of fused-ring (bicyclic) bond motifs is 1. The zero-order valence-electron chi connectivity index (χ0n) is 31.0. The van der Waals surface area contributed by atoms with Crippen LogP contribution < -0.4 is 10.6 Å². The Morgan fingerprint density at radius 3 is 2.22 bits per heavy atom. The second kappa shape index (κ2) is 16.5. The van der Waals surface area contributed by atoms with Crippen LogP contribution in [-0.2, 0) is 39.9 Å². The van der Waals surface area contributed by atoms with Crippen LogP contribution in [0.1, 0.15) is 60.5 Å². The van der Waals surface area contributed by atoms with E-state index in [1.807, 2.05) is 42.5 Å². The molecule has 0 aromatic heterocycles. The van der Waals surface area contributed by atoms with E-state index in [4.69, 9.17) is 9.47 Å². The first-order valence-electron chi connectivity index (χ1n) is 16.9. The number of aliphatic hydroxyl groups is 1. The quantitative estimate of drug-likeness (QED) is 0.170. The average Bonchev–Trinajstić information content (AvgIpc) is 3.46. The predicted molar refractivity (Wildman–Crippen MR) is 191 cm³/mol. The van der Waals surface area contributed by atoms with E-state index in [1.54, 1.807) is 41.5 Å². The number of esters is 1. The molecule has 51 heavy (non-hydrogen) atoms. The first-order chi connectivity index (χ1) is 23.7. The molecule has 278 valence electrons. The molecule has 2 aromatic carbocycles. The standard InChI is InChI=1S/C38H52N4O9/c1-11-27(35(48)50-10)30(44)28(19-23-16-17-24-14-12-13-15-25(24)18-23)39-33(46)29-20-26(43)21-42(29)34(47)31(37(3,4)5)40-32(45)22(2)41(9)36(49)51-38(6,7)8/h11-18,22,26-29,31,43H,1,19-21H2,2-10H3,(H,39,46)(H,40,45)/t22-,26+,27?,28-,29-,31+/m0/s1. The fourth-order valence-corrected chi connectivity index (χ4v) is 5.82. The number of benzene rings is 2. The number of aliphatic hydroxyl groups excluding tert-OH is 1. The van der Waals surface area contributed by atoms with Gasteiger partial charge in [-0.25, -0.2) is 4.79 Å². The number of carbonyl (C=O) groups excluding carboxylic acids is 6. The summed E-state index contributed by atoms with van der Waals surface area (Å²) in [5.41, 5.74) is -0.944. The van der Waals surface area contributed by atoms with Crippen LogP contribution in [0.25, 0.3) is 10.8 Å².